The second-order valence-corrected chi connectivity index (χ2v) is 3.83. The van der Waals surface area contributed by atoms with Crippen molar-refractivity contribution in [3.05, 3.63) is 29.8 Å². The van der Waals surface area contributed by atoms with Crippen LogP contribution in [-0.2, 0) is 4.79 Å². The Bertz CT molecular complexity index is 332. The summed E-state index contributed by atoms with van der Waals surface area (Å²) in [6, 6.07) is 7.90. The molecule has 16 heavy (non-hydrogen) atoms. The van der Waals surface area contributed by atoms with E-state index in [4.69, 9.17) is 4.74 Å². The monoisotopic (exact) mass is 221 g/mol. The van der Waals surface area contributed by atoms with Gasteiger partial charge in [0, 0.05) is 13.5 Å². The molecule has 0 aliphatic heterocycles. The van der Waals surface area contributed by atoms with E-state index in [9.17, 15) is 4.79 Å². The van der Waals surface area contributed by atoms with Gasteiger partial charge in [0.05, 0.1) is 6.54 Å². The van der Waals surface area contributed by atoms with Crippen LogP contribution in [-0.4, -0.2) is 31.0 Å². The van der Waals surface area contributed by atoms with Gasteiger partial charge in [-0.1, -0.05) is 24.6 Å². The van der Waals surface area contributed by atoms with E-state index in [1.807, 2.05) is 38.1 Å². The average Bonchev–Trinajstić information content (AvgIpc) is 2.30. The van der Waals surface area contributed by atoms with Crippen LogP contribution in [0.3, 0.4) is 0 Å². The highest BCUT2D eigenvalue weighted by Gasteiger charge is 2.04. The summed E-state index contributed by atoms with van der Waals surface area (Å²) in [4.78, 5) is 13.0. The van der Waals surface area contributed by atoms with Crippen LogP contribution in [0.1, 0.15) is 18.9 Å². The van der Waals surface area contributed by atoms with Crippen molar-refractivity contribution in [2.75, 3.05) is 20.2 Å². The van der Waals surface area contributed by atoms with Gasteiger partial charge in [-0.3, -0.25) is 4.79 Å². The Hall–Kier alpha value is -1.51. The number of nitrogens with zero attached hydrogens (tertiary/aromatic N) is 1. The molecule has 0 spiro atoms. The first-order valence-corrected chi connectivity index (χ1v) is 5.57. The second kappa shape index (κ2) is 6.16. The smallest absolute Gasteiger partial charge is 0.222 e. The number of aryl methyl sites for hydroxylation is 1. The molecule has 88 valence electrons. The number of benzene rings is 1. The number of ether oxygens (including phenoxy) is 1. The van der Waals surface area contributed by atoms with Crippen molar-refractivity contribution in [2.45, 2.75) is 20.3 Å². The van der Waals surface area contributed by atoms with Gasteiger partial charge in [0.2, 0.25) is 5.91 Å². The van der Waals surface area contributed by atoms with Gasteiger partial charge < -0.3 is 9.64 Å². The van der Waals surface area contributed by atoms with Gasteiger partial charge in [-0.2, -0.15) is 0 Å². The molecule has 1 aromatic carbocycles. The largest absolute Gasteiger partial charge is 0.492 e. The first-order valence-electron chi connectivity index (χ1n) is 5.57. The zero-order chi connectivity index (χ0) is 12.0. The van der Waals surface area contributed by atoms with E-state index in [1.165, 1.54) is 5.56 Å². The van der Waals surface area contributed by atoms with Crippen LogP contribution >= 0.6 is 0 Å². The van der Waals surface area contributed by atoms with Gasteiger partial charge in [0.15, 0.2) is 0 Å². The molecular weight excluding hydrogens is 202 g/mol. The van der Waals surface area contributed by atoms with Crippen LogP contribution in [0, 0.1) is 6.92 Å². The fourth-order valence-electron chi connectivity index (χ4n) is 1.33. The van der Waals surface area contributed by atoms with Gasteiger partial charge in [-0.05, 0) is 19.1 Å². The van der Waals surface area contributed by atoms with Gasteiger partial charge in [-0.25, -0.2) is 0 Å². The maximum Gasteiger partial charge on any atom is 0.222 e. The summed E-state index contributed by atoms with van der Waals surface area (Å²) in [5.41, 5.74) is 1.21. The summed E-state index contributed by atoms with van der Waals surface area (Å²) in [5.74, 6) is 0.996. The third kappa shape index (κ3) is 3.93. The lowest BCUT2D eigenvalue weighted by Crippen LogP contribution is -2.30. The van der Waals surface area contributed by atoms with E-state index in [0.717, 1.165) is 5.75 Å². The topological polar surface area (TPSA) is 29.5 Å². The first-order chi connectivity index (χ1) is 7.63. The van der Waals surface area contributed by atoms with Crippen molar-refractivity contribution in [2.24, 2.45) is 0 Å². The number of likely N-dealkylation sites (N-methyl/N-ethyl adjacent to an activating group) is 1. The molecule has 0 heterocycles. The molecule has 0 aliphatic carbocycles. The number of rotatable bonds is 5. The fraction of sp³-hybridized carbons (Fsp3) is 0.462. The molecule has 0 N–H and O–H groups in total. The summed E-state index contributed by atoms with van der Waals surface area (Å²) in [5, 5.41) is 0. The van der Waals surface area contributed by atoms with Crippen molar-refractivity contribution in [3.8, 4) is 5.75 Å². The van der Waals surface area contributed by atoms with E-state index in [-0.39, 0.29) is 5.91 Å². The summed E-state index contributed by atoms with van der Waals surface area (Å²) in [6.45, 7) is 5.06. The Labute approximate surface area is 97.0 Å². The fourth-order valence-corrected chi connectivity index (χ4v) is 1.33. The predicted molar refractivity (Wildman–Crippen MR) is 64.6 cm³/mol. The molecule has 0 saturated carbocycles. The van der Waals surface area contributed by atoms with Crippen molar-refractivity contribution >= 4 is 5.91 Å². The zero-order valence-electron chi connectivity index (χ0n) is 10.2. The lowest BCUT2D eigenvalue weighted by atomic mass is 10.2. The molecule has 0 aliphatic rings. The predicted octanol–water partition coefficient (Wildman–Crippen LogP) is 2.24. The van der Waals surface area contributed by atoms with Gasteiger partial charge in [-0.15, -0.1) is 0 Å². The third-order valence-corrected chi connectivity index (χ3v) is 2.44. The Morgan fingerprint density at radius 3 is 2.50 bits per heavy atom. The normalized spacial score (nSPS) is 9.94. The minimum atomic E-state index is 0.146. The Morgan fingerprint density at radius 1 is 1.31 bits per heavy atom. The summed E-state index contributed by atoms with van der Waals surface area (Å²) >= 11 is 0. The molecule has 1 aromatic rings. The Balaban J connectivity index is 2.30. The molecular formula is C13H19NO2. The number of hydrogen-bond acceptors (Lipinski definition) is 2. The maximum absolute atomic E-state index is 11.3. The molecule has 1 amide bonds. The van der Waals surface area contributed by atoms with Crippen LogP contribution in [0.25, 0.3) is 0 Å². The van der Waals surface area contributed by atoms with Crippen LogP contribution in [0.15, 0.2) is 24.3 Å². The minimum Gasteiger partial charge on any atom is -0.492 e. The molecule has 0 bridgehead atoms. The molecule has 0 saturated heterocycles. The molecule has 0 fully saturated rings. The molecule has 0 unspecified atom stereocenters. The number of carbonyl (C=O) groups is 1. The van der Waals surface area contributed by atoms with E-state index in [0.29, 0.717) is 19.6 Å². The van der Waals surface area contributed by atoms with E-state index in [2.05, 4.69) is 0 Å². The van der Waals surface area contributed by atoms with E-state index >= 15 is 0 Å². The summed E-state index contributed by atoms with van der Waals surface area (Å²) in [6.07, 6.45) is 0.543. The highest BCUT2D eigenvalue weighted by atomic mass is 16.5. The van der Waals surface area contributed by atoms with Crippen LogP contribution in [0.2, 0.25) is 0 Å². The minimum absolute atomic E-state index is 0.146. The molecule has 3 nitrogen and oxygen atoms in total. The number of carbonyl (C=O) groups excluding carboxylic acids is 1. The molecule has 0 atom stereocenters. The Morgan fingerprint density at radius 2 is 1.94 bits per heavy atom. The number of amides is 1. The standard InChI is InChI=1S/C13H19NO2/c1-4-13(15)14(3)9-10-16-12-7-5-11(2)6-8-12/h5-8H,4,9-10H2,1-3H3. The SMILES string of the molecule is CCC(=O)N(C)CCOc1ccc(C)cc1. The van der Waals surface area contributed by atoms with Gasteiger partial charge in [0.25, 0.3) is 0 Å². The van der Waals surface area contributed by atoms with Crippen molar-refractivity contribution in [1.29, 1.82) is 0 Å². The molecule has 3 heteroatoms. The third-order valence-electron chi connectivity index (χ3n) is 2.44. The first kappa shape index (κ1) is 12.6. The lowest BCUT2D eigenvalue weighted by molar-refractivity contribution is -0.129. The summed E-state index contributed by atoms with van der Waals surface area (Å²) < 4.78 is 5.53. The summed E-state index contributed by atoms with van der Waals surface area (Å²) in [7, 11) is 1.80. The van der Waals surface area contributed by atoms with Crippen LogP contribution < -0.4 is 4.74 Å². The van der Waals surface area contributed by atoms with E-state index in [1.54, 1.807) is 11.9 Å². The maximum atomic E-state index is 11.3. The van der Waals surface area contributed by atoms with Crippen molar-refractivity contribution in [3.63, 3.8) is 0 Å². The average molecular weight is 221 g/mol. The van der Waals surface area contributed by atoms with E-state index < -0.39 is 0 Å². The van der Waals surface area contributed by atoms with Crippen molar-refractivity contribution < 1.29 is 9.53 Å². The lowest BCUT2D eigenvalue weighted by Gasteiger charge is -2.16. The highest BCUT2D eigenvalue weighted by molar-refractivity contribution is 5.75. The number of hydrogen-bond donors (Lipinski definition) is 0. The molecule has 0 radical (unpaired) electrons. The molecule has 0 aromatic heterocycles. The van der Waals surface area contributed by atoms with Crippen LogP contribution in [0.4, 0.5) is 0 Å². The highest BCUT2D eigenvalue weighted by Crippen LogP contribution is 2.11. The second-order valence-electron chi connectivity index (χ2n) is 3.83. The van der Waals surface area contributed by atoms with Gasteiger partial charge >= 0.3 is 0 Å². The van der Waals surface area contributed by atoms with Crippen molar-refractivity contribution in [1.82, 2.24) is 4.90 Å². The quantitative estimate of drug-likeness (QED) is 0.763. The zero-order valence-corrected chi connectivity index (χ0v) is 10.2. The van der Waals surface area contributed by atoms with Crippen LogP contribution in [0.5, 0.6) is 5.75 Å². The van der Waals surface area contributed by atoms with Gasteiger partial charge in [0.1, 0.15) is 12.4 Å². The Kier molecular flexibility index (Phi) is 4.83. The molecule has 1 rings (SSSR count).